The number of aryl methyl sites for hydroxylation is 1. The molecule has 1 aromatic carbocycles. The molecule has 0 N–H and O–H groups in total. The third-order valence-electron chi connectivity index (χ3n) is 2.51. The van der Waals surface area contributed by atoms with E-state index in [4.69, 9.17) is 8.92 Å². The maximum absolute atomic E-state index is 11.9. The van der Waals surface area contributed by atoms with Crippen molar-refractivity contribution in [2.24, 2.45) is 0 Å². The van der Waals surface area contributed by atoms with Crippen LogP contribution < -0.4 is 0 Å². The maximum atomic E-state index is 11.9. The molecule has 1 fully saturated rings. The Morgan fingerprint density at radius 3 is 2.75 bits per heavy atom. The van der Waals surface area contributed by atoms with Crippen molar-refractivity contribution in [2.75, 3.05) is 13.2 Å². The van der Waals surface area contributed by atoms with Gasteiger partial charge in [-0.1, -0.05) is 18.2 Å². The van der Waals surface area contributed by atoms with Gasteiger partial charge in [-0.15, -0.1) is 0 Å². The summed E-state index contributed by atoms with van der Waals surface area (Å²) in [5, 5.41) is 0. The normalized spacial score (nSPS) is 21.2. The van der Waals surface area contributed by atoms with E-state index in [1.807, 2.05) is 0 Å². The fourth-order valence-electron chi connectivity index (χ4n) is 1.66. The van der Waals surface area contributed by atoms with Crippen LogP contribution in [0, 0.1) is 6.92 Å². The minimum absolute atomic E-state index is 0.238. The van der Waals surface area contributed by atoms with E-state index in [9.17, 15) is 8.42 Å². The first kappa shape index (κ1) is 11.6. The summed E-state index contributed by atoms with van der Waals surface area (Å²) < 4.78 is 34.1. The lowest BCUT2D eigenvalue weighted by Crippen LogP contribution is -2.19. The zero-order valence-corrected chi connectivity index (χ0v) is 9.87. The molecule has 88 valence electrons. The molecule has 0 unspecified atom stereocenters. The van der Waals surface area contributed by atoms with Crippen LogP contribution in [0.1, 0.15) is 12.0 Å². The lowest BCUT2D eigenvalue weighted by atomic mass is 10.2. The van der Waals surface area contributed by atoms with Crippen molar-refractivity contribution < 1.29 is 17.3 Å². The lowest BCUT2D eigenvalue weighted by Gasteiger charge is -2.11. The van der Waals surface area contributed by atoms with Crippen LogP contribution in [0.2, 0.25) is 0 Å². The molecule has 0 radical (unpaired) electrons. The van der Waals surface area contributed by atoms with Crippen LogP contribution in [0.3, 0.4) is 0 Å². The fourth-order valence-corrected chi connectivity index (χ4v) is 2.98. The zero-order chi connectivity index (χ0) is 11.6. The topological polar surface area (TPSA) is 52.6 Å². The van der Waals surface area contributed by atoms with Crippen molar-refractivity contribution in [3.63, 3.8) is 0 Å². The Morgan fingerprint density at radius 1 is 1.38 bits per heavy atom. The highest BCUT2D eigenvalue weighted by molar-refractivity contribution is 7.86. The number of hydrogen-bond acceptors (Lipinski definition) is 4. The molecule has 1 heterocycles. The second-order valence-electron chi connectivity index (χ2n) is 3.80. The molecule has 0 amide bonds. The van der Waals surface area contributed by atoms with Gasteiger partial charge in [0.1, 0.15) is 6.10 Å². The summed E-state index contributed by atoms with van der Waals surface area (Å²) >= 11 is 0. The Bertz CT molecular complexity index is 461. The monoisotopic (exact) mass is 242 g/mol. The highest BCUT2D eigenvalue weighted by Crippen LogP contribution is 2.20. The summed E-state index contributed by atoms with van der Waals surface area (Å²) in [5.74, 6) is 0. The van der Waals surface area contributed by atoms with Crippen molar-refractivity contribution in [3.05, 3.63) is 29.8 Å². The van der Waals surface area contributed by atoms with Gasteiger partial charge in [0.25, 0.3) is 10.1 Å². The van der Waals surface area contributed by atoms with Crippen molar-refractivity contribution in [1.29, 1.82) is 0 Å². The van der Waals surface area contributed by atoms with Gasteiger partial charge in [-0.2, -0.15) is 8.42 Å². The Kier molecular flexibility index (Phi) is 3.28. The molecule has 16 heavy (non-hydrogen) atoms. The summed E-state index contributed by atoms with van der Waals surface area (Å²) in [7, 11) is -3.65. The van der Waals surface area contributed by atoms with E-state index in [2.05, 4.69) is 0 Å². The first-order valence-corrected chi connectivity index (χ1v) is 6.57. The highest BCUT2D eigenvalue weighted by Gasteiger charge is 2.25. The number of benzene rings is 1. The Hall–Kier alpha value is -0.910. The van der Waals surface area contributed by atoms with Gasteiger partial charge in [0.2, 0.25) is 0 Å². The van der Waals surface area contributed by atoms with Crippen LogP contribution in [-0.2, 0) is 19.0 Å². The molecule has 1 saturated heterocycles. The van der Waals surface area contributed by atoms with Crippen LogP contribution in [-0.4, -0.2) is 27.7 Å². The number of ether oxygens (including phenoxy) is 1. The van der Waals surface area contributed by atoms with E-state index in [0.29, 0.717) is 25.2 Å². The molecular weight excluding hydrogens is 228 g/mol. The Balaban J connectivity index is 2.21. The maximum Gasteiger partial charge on any atom is 0.297 e. The van der Waals surface area contributed by atoms with Crippen molar-refractivity contribution in [1.82, 2.24) is 0 Å². The predicted molar refractivity (Wildman–Crippen MR) is 58.7 cm³/mol. The largest absolute Gasteiger partial charge is 0.379 e. The summed E-state index contributed by atoms with van der Waals surface area (Å²) in [6.45, 7) is 2.67. The van der Waals surface area contributed by atoms with Crippen molar-refractivity contribution in [2.45, 2.75) is 24.3 Å². The fraction of sp³-hybridized carbons (Fsp3) is 0.455. The first-order valence-electron chi connectivity index (χ1n) is 5.16. The molecular formula is C11H14O4S. The molecule has 0 aliphatic carbocycles. The minimum Gasteiger partial charge on any atom is -0.379 e. The average Bonchev–Trinajstić information content (AvgIpc) is 2.70. The van der Waals surface area contributed by atoms with Gasteiger partial charge in [0.15, 0.2) is 0 Å². The molecule has 1 aliphatic heterocycles. The van der Waals surface area contributed by atoms with Crippen LogP contribution in [0.25, 0.3) is 0 Å². The van der Waals surface area contributed by atoms with E-state index in [0.717, 1.165) is 0 Å². The highest BCUT2D eigenvalue weighted by atomic mass is 32.2. The summed E-state index contributed by atoms with van der Waals surface area (Å²) in [6, 6.07) is 6.79. The van der Waals surface area contributed by atoms with Crippen molar-refractivity contribution in [3.8, 4) is 0 Å². The average molecular weight is 242 g/mol. The molecule has 1 atom stereocenters. The first-order chi connectivity index (χ1) is 7.59. The quantitative estimate of drug-likeness (QED) is 0.753. The standard InChI is InChI=1S/C11H14O4S/c1-9-4-2-3-5-11(9)16(12,13)15-10-6-7-14-8-10/h2-5,10H,6-8H2,1H3/t10-/m0/s1. The van der Waals surface area contributed by atoms with Crippen LogP contribution >= 0.6 is 0 Å². The zero-order valence-electron chi connectivity index (χ0n) is 9.05. The lowest BCUT2D eigenvalue weighted by molar-refractivity contribution is 0.145. The Labute approximate surface area is 95.3 Å². The Morgan fingerprint density at radius 2 is 2.12 bits per heavy atom. The van der Waals surface area contributed by atoms with E-state index in [-0.39, 0.29) is 11.0 Å². The van der Waals surface area contributed by atoms with E-state index in [1.165, 1.54) is 0 Å². The van der Waals surface area contributed by atoms with Gasteiger partial charge in [-0.3, -0.25) is 4.18 Å². The second kappa shape index (κ2) is 4.53. The minimum atomic E-state index is -3.65. The molecule has 0 bridgehead atoms. The molecule has 2 rings (SSSR count). The van der Waals surface area contributed by atoms with E-state index >= 15 is 0 Å². The molecule has 4 nitrogen and oxygen atoms in total. The van der Waals surface area contributed by atoms with Crippen LogP contribution in [0.5, 0.6) is 0 Å². The van der Waals surface area contributed by atoms with Crippen LogP contribution in [0.15, 0.2) is 29.2 Å². The molecule has 0 aromatic heterocycles. The van der Waals surface area contributed by atoms with Gasteiger partial charge in [0, 0.05) is 13.0 Å². The summed E-state index contributed by atoms with van der Waals surface area (Å²) in [5.41, 5.74) is 0.696. The SMILES string of the molecule is Cc1ccccc1S(=O)(=O)O[C@H]1CCOC1. The third-order valence-corrected chi connectivity index (χ3v) is 4.04. The van der Waals surface area contributed by atoms with Gasteiger partial charge >= 0.3 is 0 Å². The van der Waals surface area contributed by atoms with Gasteiger partial charge in [-0.25, -0.2) is 0 Å². The third kappa shape index (κ3) is 2.42. The van der Waals surface area contributed by atoms with E-state index < -0.39 is 10.1 Å². The molecule has 0 spiro atoms. The molecule has 1 aromatic rings. The summed E-state index contributed by atoms with van der Waals surface area (Å²) in [6.07, 6.45) is 0.287. The smallest absolute Gasteiger partial charge is 0.297 e. The number of hydrogen-bond donors (Lipinski definition) is 0. The summed E-state index contributed by atoms with van der Waals surface area (Å²) in [4.78, 5) is 0.238. The van der Waals surface area contributed by atoms with Gasteiger partial charge in [-0.05, 0) is 18.6 Å². The molecule has 0 saturated carbocycles. The van der Waals surface area contributed by atoms with Crippen LogP contribution in [0.4, 0.5) is 0 Å². The van der Waals surface area contributed by atoms with Crippen molar-refractivity contribution >= 4 is 10.1 Å². The predicted octanol–water partition coefficient (Wildman–Crippen LogP) is 1.49. The second-order valence-corrected chi connectivity index (χ2v) is 5.34. The van der Waals surface area contributed by atoms with Gasteiger partial charge < -0.3 is 4.74 Å². The van der Waals surface area contributed by atoms with E-state index in [1.54, 1.807) is 31.2 Å². The van der Waals surface area contributed by atoms with Gasteiger partial charge in [0.05, 0.1) is 11.5 Å². The number of rotatable bonds is 3. The molecule has 5 heteroatoms. The molecule has 1 aliphatic rings.